The number of likely N-dealkylation sites (N-methyl/N-ethyl adjacent to an activating group) is 1. The molecule has 1 saturated heterocycles. The second-order valence-corrected chi connectivity index (χ2v) is 6.19. The first-order valence-corrected chi connectivity index (χ1v) is 8.24. The van der Waals surface area contributed by atoms with Gasteiger partial charge in [-0.2, -0.15) is 0 Å². The van der Waals surface area contributed by atoms with Crippen LogP contribution in [-0.2, 0) is 0 Å². The van der Waals surface area contributed by atoms with Crippen LogP contribution in [0.15, 0.2) is 71.3 Å². The third kappa shape index (κ3) is 2.57. The Morgan fingerprint density at radius 3 is 2.58 bits per heavy atom. The van der Waals surface area contributed by atoms with Gasteiger partial charge < -0.3 is 14.6 Å². The predicted molar refractivity (Wildman–Crippen MR) is 97.4 cm³/mol. The maximum atomic E-state index is 6.16. The Bertz CT molecular complexity index is 847. The molecule has 2 aromatic heterocycles. The minimum Gasteiger partial charge on any atom is -0.459 e. The van der Waals surface area contributed by atoms with Crippen molar-refractivity contribution in [3.05, 3.63) is 78.3 Å². The van der Waals surface area contributed by atoms with Crippen molar-refractivity contribution < 1.29 is 4.42 Å². The van der Waals surface area contributed by atoms with Gasteiger partial charge >= 0.3 is 0 Å². The molecule has 0 aliphatic carbocycles. The monoisotopic (exact) mass is 335 g/mol. The highest BCUT2D eigenvalue weighted by atomic mass is 32.1. The molecule has 0 radical (unpaired) electrons. The van der Waals surface area contributed by atoms with Gasteiger partial charge in [0.25, 0.3) is 0 Å². The second-order valence-electron chi connectivity index (χ2n) is 5.81. The summed E-state index contributed by atoms with van der Waals surface area (Å²) in [6.07, 6.45) is 1.80. The molecular formula is C19H17N3OS. The molecule has 0 unspecified atom stereocenters. The van der Waals surface area contributed by atoms with E-state index in [-0.39, 0.29) is 12.1 Å². The molecule has 1 aliphatic rings. The Hall–Kier alpha value is -2.66. The molecule has 4 nitrogen and oxygen atoms in total. The average Bonchev–Trinajstić information content (AvgIpc) is 3.22. The molecule has 0 bridgehead atoms. The van der Waals surface area contributed by atoms with E-state index in [1.807, 2.05) is 72.6 Å². The van der Waals surface area contributed by atoms with Crippen molar-refractivity contribution in [2.45, 2.75) is 12.1 Å². The zero-order valence-corrected chi connectivity index (χ0v) is 14.0. The number of aromatic nitrogens is 1. The van der Waals surface area contributed by atoms with Crippen molar-refractivity contribution in [1.82, 2.24) is 15.2 Å². The topological polar surface area (TPSA) is 41.3 Å². The lowest BCUT2D eigenvalue weighted by Crippen LogP contribution is -2.24. The van der Waals surface area contributed by atoms with Crippen LogP contribution in [0.1, 0.15) is 23.5 Å². The summed E-state index contributed by atoms with van der Waals surface area (Å²) >= 11 is 5.44. The second kappa shape index (κ2) is 6.09. The fourth-order valence-electron chi connectivity index (χ4n) is 3.08. The van der Waals surface area contributed by atoms with Gasteiger partial charge in [0.05, 0.1) is 11.7 Å². The molecule has 0 amide bonds. The van der Waals surface area contributed by atoms with Crippen molar-refractivity contribution in [2.75, 3.05) is 7.05 Å². The molecular weight excluding hydrogens is 318 g/mol. The molecule has 4 rings (SSSR count). The number of benzene rings is 1. The van der Waals surface area contributed by atoms with E-state index >= 15 is 0 Å². The average molecular weight is 335 g/mol. The summed E-state index contributed by atoms with van der Waals surface area (Å²) in [4.78, 5) is 6.51. The third-order valence-electron chi connectivity index (χ3n) is 4.32. The first kappa shape index (κ1) is 14.9. The highest BCUT2D eigenvalue weighted by Crippen LogP contribution is 2.39. The van der Waals surface area contributed by atoms with Crippen molar-refractivity contribution in [3.8, 4) is 11.3 Å². The molecule has 1 aliphatic heterocycles. The molecule has 1 N–H and O–H groups in total. The fraction of sp³-hybridized carbons (Fsp3) is 0.158. The molecule has 5 heteroatoms. The van der Waals surface area contributed by atoms with Crippen LogP contribution in [0.2, 0.25) is 0 Å². The van der Waals surface area contributed by atoms with E-state index in [4.69, 9.17) is 16.6 Å². The SMILES string of the molecule is CN1C(=S)N[C@H](c2ccccn2)[C@@H]1c1ccc(-c2ccccc2)o1. The maximum Gasteiger partial charge on any atom is 0.170 e. The van der Waals surface area contributed by atoms with Crippen molar-refractivity contribution in [1.29, 1.82) is 0 Å². The molecule has 24 heavy (non-hydrogen) atoms. The van der Waals surface area contributed by atoms with Gasteiger partial charge in [0.1, 0.15) is 17.6 Å². The minimum atomic E-state index is -0.0292. The van der Waals surface area contributed by atoms with Gasteiger partial charge in [-0.3, -0.25) is 4.98 Å². The molecule has 3 heterocycles. The van der Waals surface area contributed by atoms with Crippen molar-refractivity contribution >= 4 is 17.3 Å². The maximum absolute atomic E-state index is 6.16. The lowest BCUT2D eigenvalue weighted by atomic mass is 10.0. The van der Waals surface area contributed by atoms with Crippen LogP contribution in [0.3, 0.4) is 0 Å². The van der Waals surface area contributed by atoms with Gasteiger partial charge in [0.2, 0.25) is 0 Å². The van der Waals surface area contributed by atoms with Crippen LogP contribution >= 0.6 is 12.2 Å². The fourth-order valence-corrected chi connectivity index (χ4v) is 3.32. The summed E-state index contributed by atoms with van der Waals surface area (Å²) in [6, 6.07) is 20.0. The van der Waals surface area contributed by atoms with Crippen LogP contribution in [0.25, 0.3) is 11.3 Å². The number of hydrogen-bond donors (Lipinski definition) is 1. The number of nitrogens with one attached hydrogen (secondary N) is 1. The van der Waals surface area contributed by atoms with Gasteiger partial charge in [0.15, 0.2) is 5.11 Å². The number of nitrogens with zero attached hydrogens (tertiary/aromatic N) is 2. The molecule has 120 valence electrons. The molecule has 0 saturated carbocycles. The third-order valence-corrected chi connectivity index (χ3v) is 4.72. The molecule has 2 atom stereocenters. The quantitative estimate of drug-likeness (QED) is 0.734. The molecule has 0 spiro atoms. The highest BCUT2D eigenvalue weighted by molar-refractivity contribution is 7.80. The molecule has 1 aromatic carbocycles. The van der Waals surface area contributed by atoms with Crippen LogP contribution in [0, 0.1) is 0 Å². The summed E-state index contributed by atoms with van der Waals surface area (Å²) in [7, 11) is 1.98. The number of hydrogen-bond acceptors (Lipinski definition) is 3. The Balaban J connectivity index is 1.71. The zero-order valence-electron chi connectivity index (χ0n) is 13.2. The van der Waals surface area contributed by atoms with Gasteiger partial charge in [-0.1, -0.05) is 36.4 Å². The van der Waals surface area contributed by atoms with Gasteiger partial charge in [-0.25, -0.2) is 0 Å². The van der Waals surface area contributed by atoms with E-state index in [0.29, 0.717) is 5.11 Å². The van der Waals surface area contributed by atoms with Gasteiger partial charge in [-0.15, -0.1) is 0 Å². The summed E-state index contributed by atoms with van der Waals surface area (Å²) in [5.41, 5.74) is 2.01. The van der Waals surface area contributed by atoms with E-state index in [2.05, 4.69) is 10.3 Å². The number of pyridine rings is 1. The minimum absolute atomic E-state index is 0.0233. The van der Waals surface area contributed by atoms with Crippen LogP contribution < -0.4 is 5.32 Å². The van der Waals surface area contributed by atoms with Crippen LogP contribution in [-0.4, -0.2) is 22.0 Å². The van der Waals surface area contributed by atoms with Crippen LogP contribution in [0.4, 0.5) is 0 Å². The van der Waals surface area contributed by atoms with E-state index in [0.717, 1.165) is 22.8 Å². The van der Waals surface area contributed by atoms with Crippen molar-refractivity contribution in [3.63, 3.8) is 0 Å². The standard InChI is InChI=1S/C19H17N3OS/c1-22-18(17(21-19(22)24)14-9-5-6-12-20-14)16-11-10-15(23-16)13-7-3-2-4-8-13/h2-12,17-18H,1H3,(H,21,24)/t17-,18+/m1/s1. The molecule has 1 fully saturated rings. The number of furan rings is 1. The van der Waals surface area contributed by atoms with E-state index in [9.17, 15) is 0 Å². The smallest absolute Gasteiger partial charge is 0.170 e. The Kier molecular flexibility index (Phi) is 3.78. The first-order valence-electron chi connectivity index (χ1n) is 7.83. The summed E-state index contributed by atoms with van der Waals surface area (Å²) < 4.78 is 6.16. The van der Waals surface area contributed by atoms with E-state index in [1.54, 1.807) is 6.20 Å². The summed E-state index contributed by atoms with van der Waals surface area (Å²) in [5.74, 6) is 1.73. The Morgan fingerprint density at radius 2 is 1.83 bits per heavy atom. The predicted octanol–water partition coefficient (Wildman–Crippen LogP) is 3.94. The normalized spacial score (nSPS) is 20.2. The van der Waals surface area contributed by atoms with Gasteiger partial charge in [0, 0.05) is 18.8 Å². The molecule has 3 aromatic rings. The van der Waals surface area contributed by atoms with E-state index < -0.39 is 0 Å². The number of thiocarbonyl (C=S) groups is 1. The van der Waals surface area contributed by atoms with Gasteiger partial charge in [-0.05, 0) is 36.5 Å². The van der Waals surface area contributed by atoms with Crippen molar-refractivity contribution in [2.24, 2.45) is 0 Å². The summed E-state index contributed by atoms with van der Waals surface area (Å²) in [5, 5.41) is 4.05. The Morgan fingerprint density at radius 1 is 1.04 bits per heavy atom. The highest BCUT2D eigenvalue weighted by Gasteiger charge is 2.39. The first-order chi connectivity index (χ1) is 11.7. The van der Waals surface area contributed by atoms with E-state index in [1.165, 1.54) is 0 Å². The lowest BCUT2D eigenvalue weighted by molar-refractivity contribution is 0.310. The largest absolute Gasteiger partial charge is 0.459 e. The Labute approximate surface area is 146 Å². The lowest BCUT2D eigenvalue weighted by Gasteiger charge is -2.21. The van der Waals surface area contributed by atoms with Crippen LogP contribution in [0.5, 0.6) is 0 Å². The summed E-state index contributed by atoms with van der Waals surface area (Å²) in [6.45, 7) is 0. The number of rotatable bonds is 3. The zero-order chi connectivity index (χ0) is 16.5.